The molecule has 1 saturated carbocycles. The highest BCUT2D eigenvalue weighted by atomic mass is 16.1. The van der Waals surface area contributed by atoms with Crippen molar-refractivity contribution in [1.29, 1.82) is 0 Å². The summed E-state index contributed by atoms with van der Waals surface area (Å²) in [6.07, 6.45) is 3.80. The molecular formula is C17H26N2O. The molecule has 0 bridgehead atoms. The Balaban J connectivity index is 2.13. The minimum atomic E-state index is -0.369. The lowest BCUT2D eigenvalue weighted by atomic mass is 9.74. The van der Waals surface area contributed by atoms with Gasteiger partial charge in [0.25, 0.3) is 0 Å². The van der Waals surface area contributed by atoms with Crippen LogP contribution in [-0.2, 0) is 0 Å². The van der Waals surface area contributed by atoms with Crippen molar-refractivity contribution in [3.63, 3.8) is 0 Å². The molecule has 3 unspecified atom stereocenters. The Morgan fingerprint density at radius 3 is 2.75 bits per heavy atom. The predicted octanol–water partition coefficient (Wildman–Crippen LogP) is 3.66. The molecule has 0 radical (unpaired) electrons. The summed E-state index contributed by atoms with van der Waals surface area (Å²) in [5.41, 5.74) is 6.92. The number of amides is 1. The van der Waals surface area contributed by atoms with E-state index in [9.17, 15) is 4.79 Å². The average molecular weight is 274 g/mol. The van der Waals surface area contributed by atoms with Crippen LogP contribution in [0.3, 0.4) is 0 Å². The first-order chi connectivity index (χ1) is 9.47. The molecule has 1 aliphatic rings. The van der Waals surface area contributed by atoms with E-state index in [2.05, 4.69) is 26.1 Å². The van der Waals surface area contributed by atoms with E-state index in [0.717, 1.165) is 11.6 Å². The Morgan fingerprint density at radius 2 is 2.10 bits per heavy atom. The standard InChI is InChI=1S/C17H26N2O/c1-11(2)15-8-7-12(3)9-16(15)19-14-6-4-5-13(10-14)17(18)20/h4-6,10-12,15-16,19H,7-9H2,1-3H3,(H2,18,20). The van der Waals surface area contributed by atoms with Crippen LogP contribution in [0.4, 0.5) is 5.69 Å². The number of anilines is 1. The van der Waals surface area contributed by atoms with Gasteiger partial charge in [0.15, 0.2) is 0 Å². The number of carbonyl (C=O) groups excluding carboxylic acids is 1. The third-order valence-electron chi connectivity index (χ3n) is 4.52. The number of nitrogens with two attached hydrogens (primary N) is 1. The number of carbonyl (C=O) groups is 1. The highest BCUT2D eigenvalue weighted by Crippen LogP contribution is 2.35. The highest BCUT2D eigenvalue weighted by Gasteiger charge is 2.30. The smallest absolute Gasteiger partial charge is 0.248 e. The minimum Gasteiger partial charge on any atom is -0.382 e. The molecule has 0 spiro atoms. The fourth-order valence-corrected chi connectivity index (χ4v) is 3.34. The fourth-order valence-electron chi connectivity index (χ4n) is 3.34. The van der Waals surface area contributed by atoms with Crippen molar-refractivity contribution >= 4 is 11.6 Å². The third-order valence-corrected chi connectivity index (χ3v) is 4.52. The maximum Gasteiger partial charge on any atom is 0.248 e. The first-order valence-corrected chi connectivity index (χ1v) is 7.63. The quantitative estimate of drug-likeness (QED) is 0.880. The van der Waals surface area contributed by atoms with Crippen molar-refractivity contribution in [3.8, 4) is 0 Å². The van der Waals surface area contributed by atoms with Gasteiger partial charge in [0.1, 0.15) is 0 Å². The maximum absolute atomic E-state index is 11.3. The van der Waals surface area contributed by atoms with Crippen molar-refractivity contribution in [3.05, 3.63) is 29.8 Å². The zero-order chi connectivity index (χ0) is 14.7. The van der Waals surface area contributed by atoms with E-state index < -0.39 is 0 Å². The second-order valence-electron chi connectivity index (χ2n) is 6.52. The molecule has 1 fully saturated rings. The van der Waals surface area contributed by atoms with Crippen LogP contribution in [0.2, 0.25) is 0 Å². The van der Waals surface area contributed by atoms with Crippen LogP contribution in [0.1, 0.15) is 50.4 Å². The zero-order valence-electron chi connectivity index (χ0n) is 12.7. The second-order valence-corrected chi connectivity index (χ2v) is 6.52. The van der Waals surface area contributed by atoms with Gasteiger partial charge in [0.05, 0.1) is 0 Å². The fraction of sp³-hybridized carbons (Fsp3) is 0.588. The lowest BCUT2D eigenvalue weighted by molar-refractivity contribution is 0.100. The Morgan fingerprint density at radius 1 is 1.35 bits per heavy atom. The highest BCUT2D eigenvalue weighted by molar-refractivity contribution is 5.93. The molecule has 3 heteroatoms. The van der Waals surface area contributed by atoms with Crippen molar-refractivity contribution in [2.75, 3.05) is 5.32 Å². The number of rotatable bonds is 4. The molecule has 20 heavy (non-hydrogen) atoms. The summed E-state index contributed by atoms with van der Waals surface area (Å²) >= 11 is 0. The first kappa shape index (κ1) is 14.9. The molecule has 2 rings (SSSR count). The zero-order valence-corrected chi connectivity index (χ0v) is 12.7. The Kier molecular flexibility index (Phi) is 4.69. The van der Waals surface area contributed by atoms with E-state index >= 15 is 0 Å². The maximum atomic E-state index is 11.3. The van der Waals surface area contributed by atoms with Crippen LogP contribution >= 0.6 is 0 Å². The number of primary amides is 1. The van der Waals surface area contributed by atoms with Crippen molar-refractivity contribution in [2.24, 2.45) is 23.5 Å². The lowest BCUT2D eigenvalue weighted by Gasteiger charge is -2.38. The summed E-state index contributed by atoms with van der Waals surface area (Å²) in [6, 6.07) is 8.01. The van der Waals surface area contributed by atoms with Crippen LogP contribution in [-0.4, -0.2) is 11.9 Å². The minimum absolute atomic E-state index is 0.369. The van der Waals surface area contributed by atoms with E-state index in [1.54, 1.807) is 6.07 Å². The monoisotopic (exact) mass is 274 g/mol. The molecule has 1 aromatic carbocycles. The van der Waals surface area contributed by atoms with Gasteiger partial charge in [-0.2, -0.15) is 0 Å². The Hall–Kier alpha value is -1.51. The summed E-state index contributed by atoms with van der Waals surface area (Å²) in [4.78, 5) is 11.3. The van der Waals surface area contributed by atoms with Gasteiger partial charge in [-0.1, -0.05) is 33.3 Å². The summed E-state index contributed by atoms with van der Waals surface area (Å²) in [5.74, 6) is 1.77. The van der Waals surface area contributed by atoms with Gasteiger partial charge in [-0.3, -0.25) is 4.79 Å². The van der Waals surface area contributed by atoms with Crippen molar-refractivity contribution < 1.29 is 4.79 Å². The molecule has 1 aliphatic carbocycles. The molecule has 0 saturated heterocycles. The number of hydrogen-bond acceptors (Lipinski definition) is 2. The largest absolute Gasteiger partial charge is 0.382 e. The number of benzene rings is 1. The van der Waals surface area contributed by atoms with E-state index in [1.165, 1.54) is 19.3 Å². The summed E-state index contributed by atoms with van der Waals surface area (Å²) in [5, 5.41) is 3.63. The van der Waals surface area contributed by atoms with Crippen molar-refractivity contribution in [2.45, 2.75) is 46.1 Å². The van der Waals surface area contributed by atoms with Gasteiger partial charge in [0, 0.05) is 17.3 Å². The molecule has 3 nitrogen and oxygen atoms in total. The average Bonchev–Trinajstić information content (AvgIpc) is 2.38. The summed E-state index contributed by atoms with van der Waals surface area (Å²) in [7, 11) is 0. The number of hydrogen-bond donors (Lipinski definition) is 2. The van der Waals surface area contributed by atoms with E-state index in [0.29, 0.717) is 23.4 Å². The molecule has 0 aromatic heterocycles. The Labute approximate surface area is 121 Å². The van der Waals surface area contributed by atoms with Crippen LogP contribution in [0.25, 0.3) is 0 Å². The number of nitrogens with one attached hydrogen (secondary N) is 1. The SMILES string of the molecule is CC1CCC(C(C)C)C(Nc2cccc(C(N)=O)c2)C1. The molecule has 3 N–H and O–H groups in total. The van der Waals surface area contributed by atoms with Crippen LogP contribution < -0.4 is 11.1 Å². The second kappa shape index (κ2) is 6.29. The van der Waals surface area contributed by atoms with E-state index in [1.807, 2.05) is 18.2 Å². The molecule has 0 heterocycles. The molecule has 3 atom stereocenters. The van der Waals surface area contributed by atoms with Gasteiger partial charge < -0.3 is 11.1 Å². The summed E-state index contributed by atoms with van der Waals surface area (Å²) < 4.78 is 0. The molecule has 1 aromatic rings. The van der Waals surface area contributed by atoms with E-state index in [-0.39, 0.29) is 5.91 Å². The predicted molar refractivity (Wildman–Crippen MR) is 83.7 cm³/mol. The van der Waals surface area contributed by atoms with Gasteiger partial charge in [-0.25, -0.2) is 0 Å². The van der Waals surface area contributed by atoms with Gasteiger partial charge in [-0.15, -0.1) is 0 Å². The van der Waals surface area contributed by atoms with Crippen molar-refractivity contribution in [1.82, 2.24) is 0 Å². The topological polar surface area (TPSA) is 55.1 Å². The summed E-state index contributed by atoms with van der Waals surface area (Å²) in [6.45, 7) is 6.93. The molecule has 1 amide bonds. The van der Waals surface area contributed by atoms with Gasteiger partial charge in [0.2, 0.25) is 5.91 Å². The molecular weight excluding hydrogens is 248 g/mol. The van der Waals surface area contributed by atoms with E-state index in [4.69, 9.17) is 5.73 Å². The molecule has 110 valence electrons. The first-order valence-electron chi connectivity index (χ1n) is 7.63. The van der Waals surface area contributed by atoms with Gasteiger partial charge in [-0.05, 0) is 48.8 Å². The third kappa shape index (κ3) is 3.53. The van der Waals surface area contributed by atoms with Crippen LogP contribution in [0, 0.1) is 17.8 Å². The lowest BCUT2D eigenvalue weighted by Crippen LogP contribution is -2.37. The van der Waals surface area contributed by atoms with Crippen LogP contribution in [0.15, 0.2) is 24.3 Å². The normalized spacial score (nSPS) is 26.5. The van der Waals surface area contributed by atoms with Crippen LogP contribution in [0.5, 0.6) is 0 Å². The molecule has 0 aliphatic heterocycles. The van der Waals surface area contributed by atoms with Gasteiger partial charge >= 0.3 is 0 Å². The Bertz CT molecular complexity index is 470.